The Balaban J connectivity index is 1.87. The number of hydrogen-bond acceptors (Lipinski definition) is 5. The third kappa shape index (κ3) is 3.73. The molecule has 1 aliphatic rings. The van der Waals surface area contributed by atoms with Crippen LogP contribution in [0.25, 0.3) is 0 Å². The number of ketones is 1. The second kappa shape index (κ2) is 7.37. The second-order valence-corrected chi connectivity index (χ2v) is 5.91. The molecule has 0 radical (unpaired) electrons. The van der Waals surface area contributed by atoms with Crippen LogP contribution in [0.3, 0.4) is 0 Å². The summed E-state index contributed by atoms with van der Waals surface area (Å²) in [4.78, 5) is 36.7. The van der Waals surface area contributed by atoms with E-state index in [9.17, 15) is 14.4 Å². The topological polar surface area (TPSA) is 95.9 Å². The number of aliphatic hydroxyl groups excluding tert-OH is 1. The predicted octanol–water partition coefficient (Wildman–Crippen LogP) is 1.75. The van der Waals surface area contributed by atoms with Gasteiger partial charge < -0.3 is 20.1 Å². The van der Waals surface area contributed by atoms with Crippen LogP contribution in [-0.4, -0.2) is 35.9 Å². The Bertz CT molecular complexity index is 861. The molecule has 0 saturated heterocycles. The Morgan fingerprint density at radius 1 is 1.19 bits per heavy atom. The number of carbonyl (C=O) groups is 3. The molecule has 2 amide bonds. The number of ether oxygens (including phenoxy) is 1. The highest BCUT2D eigenvalue weighted by Gasteiger charge is 2.26. The molecule has 26 heavy (non-hydrogen) atoms. The van der Waals surface area contributed by atoms with Gasteiger partial charge in [-0.3, -0.25) is 14.4 Å². The van der Waals surface area contributed by atoms with E-state index in [0.717, 1.165) is 5.56 Å². The largest absolute Gasteiger partial charge is 0.482 e. The van der Waals surface area contributed by atoms with Crippen LogP contribution in [0.5, 0.6) is 5.75 Å². The first-order chi connectivity index (χ1) is 12.5. The number of nitrogens with one attached hydrogen (secondary N) is 1. The number of benzene rings is 2. The first-order valence-electron chi connectivity index (χ1n) is 8.05. The maximum Gasteiger partial charge on any atom is 0.265 e. The summed E-state index contributed by atoms with van der Waals surface area (Å²) in [6.07, 6.45) is 0. The van der Waals surface area contributed by atoms with Crippen molar-refractivity contribution in [1.29, 1.82) is 0 Å². The first kappa shape index (κ1) is 17.6. The molecule has 0 unspecified atom stereocenters. The normalized spacial score (nSPS) is 13.0. The van der Waals surface area contributed by atoms with E-state index in [1.165, 1.54) is 6.92 Å². The summed E-state index contributed by atoms with van der Waals surface area (Å²) < 4.78 is 5.42. The molecule has 0 bridgehead atoms. The average Bonchev–Trinajstić information content (AvgIpc) is 2.64. The van der Waals surface area contributed by atoms with Crippen LogP contribution in [0.2, 0.25) is 0 Å². The van der Waals surface area contributed by atoms with Crippen molar-refractivity contribution in [3.05, 3.63) is 53.6 Å². The molecule has 7 nitrogen and oxygen atoms in total. The fourth-order valence-electron chi connectivity index (χ4n) is 2.72. The van der Waals surface area contributed by atoms with Gasteiger partial charge in [-0.15, -0.1) is 0 Å². The minimum atomic E-state index is -0.599. The van der Waals surface area contributed by atoms with Crippen LogP contribution >= 0.6 is 0 Å². The summed E-state index contributed by atoms with van der Waals surface area (Å²) in [6, 6.07) is 11.9. The molecular weight excluding hydrogens is 336 g/mol. The van der Waals surface area contributed by atoms with Gasteiger partial charge in [0.2, 0.25) is 5.91 Å². The quantitative estimate of drug-likeness (QED) is 0.798. The number of amides is 2. The molecular formula is C19H18N2O5. The number of fused-ring (bicyclic) bond motifs is 1. The standard InChI is InChI=1S/C19H18N2O5/c1-12(23)20-15-5-2-13(3-6-15)9-21-16-8-14(17(24)10-22)4-7-18(16)26-11-19(21)25/h2-8,22H,9-11H2,1H3,(H,20,23). The van der Waals surface area contributed by atoms with Crippen molar-refractivity contribution in [3.63, 3.8) is 0 Å². The number of aliphatic hydroxyl groups is 1. The van der Waals surface area contributed by atoms with Crippen molar-refractivity contribution in [2.75, 3.05) is 23.4 Å². The van der Waals surface area contributed by atoms with Gasteiger partial charge in [-0.05, 0) is 35.9 Å². The van der Waals surface area contributed by atoms with Crippen molar-refractivity contribution in [3.8, 4) is 5.75 Å². The Hall–Kier alpha value is -3.19. The van der Waals surface area contributed by atoms with Gasteiger partial charge in [0.25, 0.3) is 5.91 Å². The third-order valence-electron chi connectivity index (χ3n) is 3.98. The lowest BCUT2D eigenvalue weighted by atomic mass is 10.1. The van der Waals surface area contributed by atoms with Gasteiger partial charge in [0.15, 0.2) is 12.4 Å². The Morgan fingerprint density at radius 2 is 1.92 bits per heavy atom. The minimum Gasteiger partial charge on any atom is -0.482 e. The van der Waals surface area contributed by atoms with Crippen LogP contribution in [-0.2, 0) is 16.1 Å². The fourth-order valence-corrected chi connectivity index (χ4v) is 2.72. The molecule has 1 heterocycles. The SMILES string of the molecule is CC(=O)Nc1ccc(CN2C(=O)COc3ccc(C(=O)CO)cc32)cc1. The lowest BCUT2D eigenvalue weighted by Gasteiger charge is -2.30. The first-order valence-corrected chi connectivity index (χ1v) is 8.05. The van der Waals surface area contributed by atoms with Crippen molar-refractivity contribution >= 4 is 29.0 Å². The van der Waals surface area contributed by atoms with E-state index in [4.69, 9.17) is 9.84 Å². The molecule has 2 N–H and O–H groups in total. The lowest BCUT2D eigenvalue weighted by molar-refractivity contribution is -0.121. The zero-order valence-electron chi connectivity index (χ0n) is 14.2. The van der Waals surface area contributed by atoms with E-state index in [1.54, 1.807) is 35.2 Å². The van der Waals surface area contributed by atoms with E-state index in [2.05, 4.69) is 5.32 Å². The molecule has 7 heteroatoms. The number of anilines is 2. The summed E-state index contributed by atoms with van der Waals surface area (Å²) in [5.74, 6) is -0.299. The van der Waals surface area contributed by atoms with E-state index in [0.29, 0.717) is 29.2 Å². The molecule has 1 aliphatic heterocycles. The number of Topliss-reactive ketones (excluding diaryl/α,β-unsaturated/α-hetero) is 1. The van der Waals surface area contributed by atoms with Gasteiger partial charge >= 0.3 is 0 Å². The summed E-state index contributed by atoms with van der Waals surface area (Å²) in [5.41, 5.74) is 2.34. The van der Waals surface area contributed by atoms with Gasteiger partial charge in [0, 0.05) is 18.2 Å². The molecule has 0 spiro atoms. The molecule has 2 aromatic rings. The maximum atomic E-state index is 12.3. The monoisotopic (exact) mass is 354 g/mol. The van der Waals surface area contributed by atoms with E-state index < -0.39 is 12.4 Å². The highest BCUT2D eigenvalue weighted by Crippen LogP contribution is 2.34. The molecule has 3 rings (SSSR count). The zero-order valence-corrected chi connectivity index (χ0v) is 14.2. The average molecular weight is 354 g/mol. The summed E-state index contributed by atoms with van der Waals surface area (Å²) in [5, 5.41) is 11.7. The molecule has 0 aromatic heterocycles. The number of rotatable bonds is 5. The van der Waals surface area contributed by atoms with Crippen LogP contribution in [0.1, 0.15) is 22.8 Å². The number of carbonyl (C=O) groups excluding carboxylic acids is 3. The van der Waals surface area contributed by atoms with Crippen LogP contribution < -0.4 is 15.0 Å². The molecule has 2 aromatic carbocycles. The van der Waals surface area contributed by atoms with Gasteiger partial charge in [-0.2, -0.15) is 0 Å². The molecule has 0 saturated carbocycles. The van der Waals surface area contributed by atoms with Crippen LogP contribution in [0.15, 0.2) is 42.5 Å². The summed E-state index contributed by atoms with van der Waals surface area (Å²) in [6.45, 7) is 1.05. The van der Waals surface area contributed by atoms with Gasteiger partial charge in [0.05, 0.1) is 12.2 Å². The summed E-state index contributed by atoms with van der Waals surface area (Å²) in [7, 11) is 0. The van der Waals surface area contributed by atoms with Gasteiger partial charge in [-0.1, -0.05) is 12.1 Å². The van der Waals surface area contributed by atoms with E-state index >= 15 is 0 Å². The van der Waals surface area contributed by atoms with Crippen molar-refractivity contribution in [2.24, 2.45) is 0 Å². The highest BCUT2D eigenvalue weighted by atomic mass is 16.5. The zero-order chi connectivity index (χ0) is 18.7. The number of hydrogen-bond donors (Lipinski definition) is 2. The number of nitrogens with zero attached hydrogens (tertiary/aromatic N) is 1. The van der Waals surface area contributed by atoms with Crippen molar-refractivity contribution in [2.45, 2.75) is 13.5 Å². The molecule has 134 valence electrons. The van der Waals surface area contributed by atoms with Crippen LogP contribution in [0, 0.1) is 0 Å². The molecule has 0 atom stereocenters. The van der Waals surface area contributed by atoms with Gasteiger partial charge in [0.1, 0.15) is 12.4 Å². The van der Waals surface area contributed by atoms with Crippen LogP contribution in [0.4, 0.5) is 11.4 Å². The summed E-state index contributed by atoms with van der Waals surface area (Å²) >= 11 is 0. The highest BCUT2D eigenvalue weighted by molar-refractivity contribution is 6.02. The lowest BCUT2D eigenvalue weighted by Crippen LogP contribution is -2.38. The van der Waals surface area contributed by atoms with Gasteiger partial charge in [-0.25, -0.2) is 0 Å². The van der Waals surface area contributed by atoms with E-state index in [1.807, 2.05) is 12.1 Å². The second-order valence-electron chi connectivity index (χ2n) is 5.91. The Labute approximate surface area is 150 Å². The van der Waals surface area contributed by atoms with Crippen molar-refractivity contribution < 1.29 is 24.2 Å². The maximum absolute atomic E-state index is 12.3. The Morgan fingerprint density at radius 3 is 2.58 bits per heavy atom. The predicted molar refractivity (Wildman–Crippen MR) is 95.3 cm³/mol. The fraction of sp³-hybridized carbons (Fsp3) is 0.211. The molecule has 0 fully saturated rings. The molecule has 0 aliphatic carbocycles. The minimum absolute atomic E-state index is 0.0791. The van der Waals surface area contributed by atoms with Crippen molar-refractivity contribution in [1.82, 2.24) is 0 Å². The van der Waals surface area contributed by atoms with E-state index in [-0.39, 0.29) is 18.4 Å². The Kier molecular flexibility index (Phi) is 4.99. The smallest absolute Gasteiger partial charge is 0.265 e. The third-order valence-corrected chi connectivity index (χ3v) is 3.98.